The van der Waals surface area contributed by atoms with Crippen molar-refractivity contribution >= 4 is 34.8 Å². The standard InChI is InChI=1S/C14H13IN2O2/c1-9-6-12(8-18)10(2)17(9)16-14(19)11-4-3-5-13(15)7-11/h3-8H,1-2H3,(H,16,19). The lowest BCUT2D eigenvalue weighted by molar-refractivity contribution is 0.101. The Hall–Kier alpha value is -1.63. The van der Waals surface area contributed by atoms with E-state index in [1.165, 1.54) is 0 Å². The molecule has 0 unspecified atom stereocenters. The van der Waals surface area contributed by atoms with Gasteiger partial charge in [-0.3, -0.25) is 19.7 Å². The first-order valence-electron chi connectivity index (χ1n) is 5.74. The maximum Gasteiger partial charge on any atom is 0.270 e. The van der Waals surface area contributed by atoms with Crippen LogP contribution in [0.5, 0.6) is 0 Å². The molecule has 4 nitrogen and oxygen atoms in total. The molecule has 0 fully saturated rings. The van der Waals surface area contributed by atoms with Gasteiger partial charge in [0.15, 0.2) is 6.29 Å². The monoisotopic (exact) mass is 368 g/mol. The Morgan fingerprint density at radius 3 is 2.63 bits per heavy atom. The maximum atomic E-state index is 12.1. The number of rotatable bonds is 3. The van der Waals surface area contributed by atoms with E-state index in [2.05, 4.69) is 28.0 Å². The van der Waals surface area contributed by atoms with Gasteiger partial charge in [-0.2, -0.15) is 0 Å². The molecule has 0 aliphatic rings. The highest BCUT2D eigenvalue weighted by molar-refractivity contribution is 14.1. The molecule has 2 rings (SSSR count). The zero-order valence-electron chi connectivity index (χ0n) is 10.6. The van der Waals surface area contributed by atoms with E-state index in [4.69, 9.17) is 0 Å². The van der Waals surface area contributed by atoms with Crippen molar-refractivity contribution in [3.05, 3.63) is 56.4 Å². The van der Waals surface area contributed by atoms with Gasteiger partial charge in [0.1, 0.15) is 0 Å². The van der Waals surface area contributed by atoms with Crippen molar-refractivity contribution in [3.8, 4) is 0 Å². The summed E-state index contributed by atoms with van der Waals surface area (Å²) in [7, 11) is 0. The van der Waals surface area contributed by atoms with Crippen LogP contribution in [0.4, 0.5) is 0 Å². The number of aromatic nitrogens is 1. The smallest absolute Gasteiger partial charge is 0.270 e. The molecule has 1 amide bonds. The van der Waals surface area contributed by atoms with Crippen LogP contribution >= 0.6 is 22.6 Å². The number of aldehydes is 1. The van der Waals surface area contributed by atoms with Crippen molar-refractivity contribution < 1.29 is 9.59 Å². The first-order chi connectivity index (χ1) is 9.02. The fourth-order valence-corrected chi connectivity index (χ4v) is 2.42. The van der Waals surface area contributed by atoms with Gasteiger partial charge < -0.3 is 0 Å². The molecule has 1 aromatic carbocycles. The van der Waals surface area contributed by atoms with Crippen molar-refractivity contribution in [1.82, 2.24) is 4.68 Å². The SMILES string of the molecule is Cc1cc(C=O)c(C)n1NC(=O)c1cccc(I)c1. The molecule has 0 aliphatic heterocycles. The minimum absolute atomic E-state index is 0.197. The third kappa shape index (κ3) is 2.86. The van der Waals surface area contributed by atoms with Gasteiger partial charge in [-0.05, 0) is 60.7 Å². The zero-order valence-corrected chi connectivity index (χ0v) is 12.8. The van der Waals surface area contributed by atoms with Gasteiger partial charge >= 0.3 is 0 Å². The number of carbonyl (C=O) groups excluding carboxylic acids is 2. The van der Waals surface area contributed by atoms with Gasteiger partial charge in [-0.1, -0.05) is 6.07 Å². The highest BCUT2D eigenvalue weighted by Crippen LogP contribution is 2.13. The summed E-state index contributed by atoms with van der Waals surface area (Å²) in [6, 6.07) is 9.07. The van der Waals surface area contributed by atoms with Gasteiger partial charge in [-0.15, -0.1) is 0 Å². The Bertz CT molecular complexity index is 647. The van der Waals surface area contributed by atoms with Crippen LogP contribution in [0, 0.1) is 17.4 Å². The molecular weight excluding hydrogens is 355 g/mol. The summed E-state index contributed by atoms with van der Waals surface area (Å²) in [6.07, 6.45) is 0.788. The van der Waals surface area contributed by atoms with Crippen LogP contribution in [0.1, 0.15) is 32.1 Å². The van der Waals surface area contributed by atoms with E-state index in [0.717, 1.165) is 21.2 Å². The molecule has 1 heterocycles. The molecule has 0 saturated carbocycles. The van der Waals surface area contributed by atoms with E-state index >= 15 is 0 Å². The normalized spacial score (nSPS) is 10.3. The first kappa shape index (κ1) is 13.8. The molecule has 1 aromatic heterocycles. The zero-order chi connectivity index (χ0) is 14.0. The number of carbonyl (C=O) groups is 2. The number of nitrogens with zero attached hydrogens (tertiary/aromatic N) is 1. The highest BCUT2D eigenvalue weighted by atomic mass is 127. The summed E-state index contributed by atoms with van der Waals surface area (Å²) < 4.78 is 2.63. The van der Waals surface area contributed by atoms with E-state index in [1.807, 2.05) is 25.1 Å². The van der Waals surface area contributed by atoms with Gasteiger partial charge in [0.05, 0.1) is 0 Å². The van der Waals surface area contributed by atoms with E-state index in [9.17, 15) is 9.59 Å². The van der Waals surface area contributed by atoms with Crippen LogP contribution in [0.2, 0.25) is 0 Å². The van der Waals surface area contributed by atoms with Crippen LogP contribution in [-0.4, -0.2) is 16.9 Å². The molecule has 0 bridgehead atoms. The first-order valence-corrected chi connectivity index (χ1v) is 6.82. The molecule has 0 aliphatic carbocycles. The minimum Gasteiger partial charge on any atom is -0.298 e. The number of nitrogens with one attached hydrogen (secondary N) is 1. The molecule has 1 N–H and O–H groups in total. The lowest BCUT2D eigenvalue weighted by Gasteiger charge is -2.11. The fourth-order valence-electron chi connectivity index (χ4n) is 1.87. The highest BCUT2D eigenvalue weighted by Gasteiger charge is 2.12. The molecular formula is C14H13IN2O2. The Kier molecular flexibility index (Phi) is 4.04. The second kappa shape index (κ2) is 5.56. The molecule has 2 aromatic rings. The predicted molar refractivity (Wildman–Crippen MR) is 82.1 cm³/mol. The van der Waals surface area contributed by atoms with Crippen LogP contribution in [0.3, 0.4) is 0 Å². The summed E-state index contributed by atoms with van der Waals surface area (Å²) in [5, 5.41) is 0. The van der Waals surface area contributed by atoms with Crippen molar-refractivity contribution in [3.63, 3.8) is 0 Å². The lowest BCUT2D eigenvalue weighted by Crippen LogP contribution is -2.24. The molecule has 5 heteroatoms. The predicted octanol–water partition coefficient (Wildman–Crippen LogP) is 2.91. The largest absolute Gasteiger partial charge is 0.298 e. The maximum absolute atomic E-state index is 12.1. The number of benzene rings is 1. The number of halogens is 1. The second-order valence-electron chi connectivity index (χ2n) is 4.23. The van der Waals surface area contributed by atoms with Gasteiger partial charge in [-0.25, -0.2) is 0 Å². The van der Waals surface area contributed by atoms with Crippen LogP contribution in [0.25, 0.3) is 0 Å². The topological polar surface area (TPSA) is 51.1 Å². The summed E-state index contributed by atoms with van der Waals surface area (Å²) in [6.45, 7) is 3.64. The Morgan fingerprint density at radius 2 is 2.05 bits per heavy atom. The van der Waals surface area contributed by atoms with Crippen molar-refractivity contribution in [2.24, 2.45) is 0 Å². The Balaban J connectivity index is 2.29. The van der Waals surface area contributed by atoms with Crippen molar-refractivity contribution in [2.75, 3.05) is 5.43 Å². The summed E-state index contributed by atoms with van der Waals surface area (Å²) in [5.74, 6) is -0.197. The molecule has 0 atom stereocenters. The number of amides is 1. The second-order valence-corrected chi connectivity index (χ2v) is 5.48. The Morgan fingerprint density at radius 1 is 1.32 bits per heavy atom. The van der Waals surface area contributed by atoms with Gasteiger partial charge in [0.2, 0.25) is 0 Å². The molecule has 0 radical (unpaired) electrons. The van der Waals surface area contributed by atoms with Gasteiger partial charge in [0, 0.05) is 26.1 Å². The van der Waals surface area contributed by atoms with E-state index in [1.54, 1.807) is 23.7 Å². The lowest BCUT2D eigenvalue weighted by atomic mass is 10.2. The van der Waals surface area contributed by atoms with Crippen molar-refractivity contribution in [2.45, 2.75) is 13.8 Å². The fraction of sp³-hybridized carbons (Fsp3) is 0.143. The molecule has 98 valence electrons. The van der Waals surface area contributed by atoms with Crippen LogP contribution < -0.4 is 5.43 Å². The number of hydrogen-bond donors (Lipinski definition) is 1. The summed E-state index contributed by atoms with van der Waals surface area (Å²) in [5.41, 5.74) is 5.51. The van der Waals surface area contributed by atoms with Crippen LogP contribution in [0.15, 0.2) is 30.3 Å². The molecule has 0 spiro atoms. The van der Waals surface area contributed by atoms with E-state index in [0.29, 0.717) is 11.1 Å². The third-order valence-electron chi connectivity index (χ3n) is 2.90. The number of hydrogen-bond acceptors (Lipinski definition) is 2. The third-order valence-corrected chi connectivity index (χ3v) is 3.57. The average Bonchev–Trinajstić information content (AvgIpc) is 2.66. The summed E-state index contributed by atoms with van der Waals surface area (Å²) in [4.78, 5) is 23.0. The van der Waals surface area contributed by atoms with E-state index in [-0.39, 0.29) is 5.91 Å². The Labute approximate surface area is 124 Å². The van der Waals surface area contributed by atoms with Crippen LogP contribution in [-0.2, 0) is 0 Å². The van der Waals surface area contributed by atoms with Crippen molar-refractivity contribution in [1.29, 1.82) is 0 Å². The minimum atomic E-state index is -0.197. The quantitative estimate of drug-likeness (QED) is 0.669. The van der Waals surface area contributed by atoms with Gasteiger partial charge in [0.25, 0.3) is 5.91 Å². The molecule has 0 saturated heterocycles. The summed E-state index contributed by atoms with van der Waals surface area (Å²) >= 11 is 2.16. The molecule has 19 heavy (non-hydrogen) atoms. The average molecular weight is 368 g/mol. The number of aryl methyl sites for hydroxylation is 1. The van der Waals surface area contributed by atoms with E-state index < -0.39 is 0 Å².